The van der Waals surface area contributed by atoms with Crippen molar-refractivity contribution in [1.82, 2.24) is 10.3 Å². The van der Waals surface area contributed by atoms with Gasteiger partial charge in [0.05, 0.1) is 11.6 Å². The number of amides is 1. The van der Waals surface area contributed by atoms with Gasteiger partial charge in [-0.25, -0.2) is 22.2 Å². The van der Waals surface area contributed by atoms with Crippen molar-refractivity contribution in [3.05, 3.63) is 69.7 Å². The molecule has 2 atom stereocenters. The van der Waals surface area contributed by atoms with Gasteiger partial charge in [0.25, 0.3) is 5.91 Å². The van der Waals surface area contributed by atoms with Gasteiger partial charge in [-0.1, -0.05) is 23.7 Å². The van der Waals surface area contributed by atoms with Crippen LogP contribution in [0.4, 0.5) is 14.6 Å². The highest BCUT2D eigenvalue weighted by Gasteiger charge is 2.28. The Balaban J connectivity index is 1.81. The Morgan fingerprint density at radius 3 is 2.72 bits per heavy atom. The third-order valence-electron chi connectivity index (χ3n) is 5.18. The van der Waals surface area contributed by atoms with Gasteiger partial charge in [-0.05, 0) is 43.9 Å². The molecule has 3 rings (SSSR count). The summed E-state index contributed by atoms with van der Waals surface area (Å²) >= 11 is 6.26. The Labute approximate surface area is 191 Å². The van der Waals surface area contributed by atoms with E-state index in [9.17, 15) is 22.0 Å². The number of nitrogens with one attached hydrogen (secondary N) is 1. The molecule has 10 heteroatoms. The lowest BCUT2D eigenvalue weighted by Gasteiger charge is -2.37. The minimum absolute atomic E-state index is 0.190. The molecule has 32 heavy (non-hydrogen) atoms. The molecule has 1 saturated heterocycles. The van der Waals surface area contributed by atoms with Gasteiger partial charge in [0.2, 0.25) is 0 Å². The molecule has 2 aromatic rings. The number of hydrogen-bond donors (Lipinski definition) is 1. The van der Waals surface area contributed by atoms with Gasteiger partial charge in [-0.3, -0.25) is 4.79 Å². The summed E-state index contributed by atoms with van der Waals surface area (Å²) in [6.45, 7) is 2.19. The minimum atomic E-state index is -3.33. The Hall–Kier alpha value is -2.52. The number of hydrogen-bond acceptors (Lipinski definition) is 5. The van der Waals surface area contributed by atoms with Crippen molar-refractivity contribution in [3.8, 4) is 0 Å². The Morgan fingerprint density at radius 1 is 1.31 bits per heavy atom. The average molecular weight is 484 g/mol. The molecule has 0 bridgehead atoms. The van der Waals surface area contributed by atoms with Crippen molar-refractivity contribution < 1.29 is 22.0 Å². The quantitative estimate of drug-likeness (QED) is 0.658. The standard InChI is InChI=1S/C22H24ClF2N3O3S/c1-14(8-10-32(2,30)31)27-22(29)17-13-26-21(12-19(17)25)28-9-4-3-5-20(28)16-7-6-15(24)11-18(16)23/h6-8,10-14,20H,3-5,9H2,1-2H3,(H,27,29)/b10-8+/t14-,20?/m1/s1. The first kappa shape index (κ1) is 24.1. The average Bonchev–Trinajstić information content (AvgIpc) is 2.72. The van der Waals surface area contributed by atoms with Crippen LogP contribution in [-0.4, -0.2) is 38.2 Å². The van der Waals surface area contributed by atoms with Crippen LogP contribution in [0.2, 0.25) is 5.02 Å². The highest BCUT2D eigenvalue weighted by Crippen LogP contribution is 2.37. The number of benzene rings is 1. The Morgan fingerprint density at radius 2 is 2.06 bits per heavy atom. The van der Waals surface area contributed by atoms with Crippen LogP contribution in [0.1, 0.15) is 48.1 Å². The maximum atomic E-state index is 14.8. The predicted molar refractivity (Wildman–Crippen MR) is 120 cm³/mol. The zero-order chi connectivity index (χ0) is 23.5. The van der Waals surface area contributed by atoms with E-state index in [0.717, 1.165) is 42.7 Å². The lowest BCUT2D eigenvalue weighted by atomic mass is 9.95. The number of sulfone groups is 1. The first-order valence-electron chi connectivity index (χ1n) is 10.1. The SMILES string of the molecule is C[C@H](/C=C/S(C)(=O)=O)NC(=O)c1cnc(N2CCCCC2c2ccc(F)cc2Cl)cc1F. The molecule has 1 unspecified atom stereocenters. The molecule has 1 fully saturated rings. The summed E-state index contributed by atoms with van der Waals surface area (Å²) in [6.07, 6.45) is 6.07. The summed E-state index contributed by atoms with van der Waals surface area (Å²) in [4.78, 5) is 18.6. The number of aromatic nitrogens is 1. The third kappa shape index (κ3) is 6.04. The highest BCUT2D eigenvalue weighted by atomic mass is 35.5. The lowest BCUT2D eigenvalue weighted by Crippen LogP contribution is -2.35. The molecule has 6 nitrogen and oxygen atoms in total. The summed E-state index contributed by atoms with van der Waals surface area (Å²) in [5.41, 5.74) is 0.491. The van der Waals surface area contributed by atoms with E-state index in [0.29, 0.717) is 17.4 Å². The van der Waals surface area contributed by atoms with Crippen LogP contribution in [0.5, 0.6) is 0 Å². The van der Waals surface area contributed by atoms with E-state index in [1.54, 1.807) is 13.0 Å². The Bertz CT molecular complexity index is 1140. The number of carbonyl (C=O) groups is 1. The number of piperidine rings is 1. The van der Waals surface area contributed by atoms with Crippen molar-refractivity contribution >= 4 is 33.2 Å². The van der Waals surface area contributed by atoms with Gasteiger partial charge in [-0.2, -0.15) is 0 Å². The molecule has 2 heterocycles. The number of pyridine rings is 1. The van der Waals surface area contributed by atoms with E-state index in [1.165, 1.54) is 24.3 Å². The van der Waals surface area contributed by atoms with Gasteiger partial charge < -0.3 is 10.2 Å². The van der Waals surface area contributed by atoms with Crippen molar-refractivity contribution in [2.24, 2.45) is 0 Å². The molecule has 0 radical (unpaired) electrons. The van der Waals surface area contributed by atoms with Crippen LogP contribution >= 0.6 is 11.6 Å². The molecule has 1 aliphatic rings. The number of anilines is 1. The predicted octanol–water partition coefficient (Wildman–Crippen LogP) is 4.42. The van der Waals surface area contributed by atoms with Crippen molar-refractivity contribution in [2.45, 2.75) is 38.3 Å². The van der Waals surface area contributed by atoms with Crippen molar-refractivity contribution in [2.75, 3.05) is 17.7 Å². The molecule has 0 aliphatic carbocycles. The number of halogens is 3. The normalized spacial score (nSPS) is 18.0. The fourth-order valence-electron chi connectivity index (χ4n) is 3.64. The van der Waals surface area contributed by atoms with E-state index >= 15 is 0 Å². The summed E-state index contributed by atoms with van der Waals surface area (Å²) < 4.78 is 50.7. The minimum Gasteiger partial charge on any atom is -0.349 e. The summed E-state index contributed by atoms with van der Waals surface area (Å²) in [5, 5.41) is 3.80. The molecule has 0 spiro atoms. The third-order valence-corrected chi connectivity index (χ3v) is 6.15. The number of nitrogens with zero attached hydrogens (tertiary/aromatic N) is 2. The topological polar surface area (TPSA) is 79.4 Å². The zero-order valence-corrected chi connectivity index (χ0v) is 19.3. The largest absolute Gasteiger partial charge is 0.349 e. The molecular weight excluding hydrogens is 460 g/mol. The molecule has 1 aromatic carbocycles. The molecular formula is C22H24ClF2N3O3S. The van der Waals surface area contributed by atoms with E-state index in [4.69, 9.17) is 11.6 Å². The second-order valence-electron chi connectivity index (χ2n) is 7.81. The molecule has 0 saturated carbocycles. The van der Waals surface area contributed by atoms with Gasteiger partial charge in [0, 0.05) is 41.5 Å². The zero-order valence-electron chi connectivity index (χ0n) is 17.7. The summed E-state index contributed by atoms with van der Waals surface area (Å²) in [7, 11) is -3.33. The van der Waals surface area contributed by atoms with Crippen LogP contribution < -0.4 is 10.2 Å². The van der Waals surface area contributed by atoms with E-state index in [-0.39, 0.29) is 11.6 Å². The first-order chi connectivity index (χ1) is 15.0. The first-order valence-corrected chi connectivity index (χ1v) is 12.4. The van der Waals surface area contributed by atoms with Crippen LogP contribution in [0.3, 0.4) is 0 Å². The summed E-state index contributed by atoms with van der Waals surface area (Å²) in [6, 6.07) is 4.61. The van der Waals surface area contributed by atoms with Gasteiger partial charge >= 0.3 is 0 Å². The maximum Gasteiger partial charge on any atom is 0.256 e. The van der Waals surface area contributed by atoms with Gasteiger partial charge in [0.1, 0.15) is 17.5 Å². The highest BCUT2D eigenvalue weighted by molar-refractivity contribution is 7.93. The van der Waals surface area contributed by atoms with E-state index in [2.05, 4.69) is 10.3 Å². The number of rotatable bonds is 6. The van der Waals surface area contributed by atoms with Crippen LogP contribution in [-0.2, 0) is 9.84 Å². The second-order valence-corrected chi connectivity index (χ2v) is 10.2. The fraction of sp³-hybridized carbons (Fsp3) is 0.364. The van der Waals surface area contributed by atoms with Gasteiger partial charge in [-0.15, -0.1) is 0 Å². The maximum absolute atomic E-state index is 14.8. The van der Waals surface area contributed by atoms with Crippen LogP contribution in [0.25, 0.3) is 0 Å². The fourth-order valence-corrected chi connectivity index (χ4v) is 4.45. The van der Waals surface area contributed by atoms with E-state index in [1.807, 2.05) is 4.90 Å². The molecule has 1 N–H and O–H groups in total. The number of carbonyl (C=O) groups excluding carboxylic acids is 1. The second kappa shape index (κ2) is 9.95. The molecule has 1 aliphatic heterocycles. The smallest absolute Gasteiger partial charge is 0.256 e. The van der Waals surface area contributed by atoms with E-state index < -0.39 is 33.4 Å². The molecule has 1 amide bonds. The van der Waals surface area contributed by atoms with Gasteiger partial charge in [0.15, 0.2) is 9.84 Å². The van der Waals surface area contributed by atoms with Crippen molar-refractivity contribution in [3.63, 3.8) is 0 Å². The molecule has 1 aromatic heterocycles. The summed E-state index contributed by atoms with van der Waals surface area (Å²) in [5.74, 6) is -1.53. The Kier molecular flexibility index (Phi) is 7.51. The lowest BCUT2D eigenvalue weighted by molar-refractivity contribution is 0.0942. The van der Waals surface area contributed by atoms with Crippen LogP contribution in [0, 0.1) is 11.6 Å². The van der Waals surface area contributed by atoms with Crippen LogP contribution in [0.15, 0.2) is 41.9 Å². The van der Waals surface area contributed by atoms with Crippen molar-refractivity contribution in [1.29, 1.82) is 0 Å². The molecule has 172 valence electrons. The monoisotopic (exact) mass is 483 g/mol.